The largest absolute Gasteiger partial charge is 0.497 e. The van der Waals surface area contributed by atoms with Gasteiger partial charge in [0.1, 0.15) is 11.5 Å². The fourth-order valence-electron chi connectivity index (χ4n) is 2.30. The van der Waals surface area contributed by atoms with Gasteiger partial charge in [-0.15, -0.1) is 0 Å². The average molecular weight is 265 g/mol. The van der Waals surface area contributed by atoms with E-state index >= 15 is 0 Å². The minimum Gasteiger partial charge on any atom is -0.497 e. The number of carboxylic acid groups (broad SMARTS) is 1. The molecule has 0 heterocycles. The van der Waals surface area contributed by atoms with E-state index in [0.717, 1.165) is 30.2 Å². The van der Waals surface area contributed by atoms with E-state index in [9.17, 15) is 4.79 Å². The van der Waals surface area contributed by atoms with Gasteiger partial charge in [0.15, 0.2) is 0 Å². The molecule has 2 rings (SSSR count). The Morgan fingerprint density at radius 3 is 2.68 bits per heavy atom. The van der Waals surface area contributed by atoms with E-state index in [2.05, 4.69) is 0 Å². The molecule has 1 saturated carbocycles. The van der Waals surface area contributed by atoms with E-state index < -0.39 is 5.97 Å². The highest BCUT2D eigenvalue weighted by molar-refractivity contribution is 5.73. The van der Waals surface area contributed by atoms with E-state index in [1.165, 1.54) is 0 Å². The van der Waals surface area contributed by atoms with Crippen LogP contribution in [-0.4, -0.2) is 38.9 Å². The van der Waals surface area contributed by atoms with Crippen LogP contribution in [0.2, 0.25) is 0 Å². The third kappa shape index (κ3) is 2.92. The highest BCUT2D eigenvalue weighted by Crippen LogP contribution is 2.41. The van der Waals surface area contributed by atoms with Crippen molar-refractivity contribution in [3.63, 3.8) is 0 Å². The van der Waals surface area contributed by atoms with Crippen LogP contribution in [0, 0.1) is 11.8 Å². The molecule has 2 unspecified atom stereocenters. The summed E-state index contributed by atoms with van der Waals surface area (Å²) in [5.41, 5.74) is 0.944. The lowest BCUT2D eigenvalue weighted by Gasteiger charge is -2.22. The fraction of sp³-hybridized carbons (Fsp3) is 0.500. The minimum absolute atomic E-state index is 0.188. The second-order valence-corrected chi connectivity index (χ2v) is 4.86. The van der Waals surface area contributed by atoms with Gasteiger partial charge in [-0.2, -0.15) is 0 Å². The summed E-state index contributed by atoms with van der Waals surface area (Å²) in [4.78, 5) is 12.9. The van der Waals surface area contributed by atoms with Crippen LogP contribution in [0.3, 0.4) is 0 Å². The second-order valence-electron chi connectivity index (χ2n) is 4.86. The number of benzene rings is 1. The number of nitrogens with zero attached hydrogens (tertiary/aromatic N) is 1. The van der Waals surface area contributed by atoms with E-state index in [1.54, 1.807) is 14.2 Å². The SMILES string of the molecule is COc1ccc(N(C)CC2CC2C(=O)O)c(OC)c1. The molecule has 2 atom stereocenters. The van der Waals surface area contributed by atoms with Crippen LogP contribution in [0.15, 0.2) is 18.2 Å². The molecule has 1 aliphatic rings. The summed E-state index contributed by atoms with van der Waals surface area (Å²) in [5, 5.41) is 8.92. The molecule has 0 aromatic heterocycles. The highest BCUT2D eigenvalue weighted by atomic mass is 16.5. The first kappa shape index (κ1) is 13.5. The Bertz CT molecular complexity index is 475. The molecular formula is C14H19NO4. The van der Waals surface area contributed by atoms with Crippen molar-refractivity contribution < 1.29 is 19.4 Å². The Kier molecular flexibility index (Phi) is 3.83. The van der Waals surface area contributed by atoms with Crippen molar-refractivity contribution in [3.8, 4) is 11.5 Å². The Hall–Kier alpha value is -1.91. The molecule has 0 amide bonds. The molecule has 104 valence electrons. The summed E-state index contributed by atoms with van der Waals surface area (Å²) in [6.07, 6.45) is 0.762. The first-order valence-electron chi connectivity index (χ1n) is 6.22. The summed E-state index contributed by atoms with van der Waals surface area (Å²) in [6.45, 7) is 0.722. The molecule has 5 heteroatoms. The topological polar surface area (TPSA) is 59.0 Å². The van der Waals surface area contributed by atoms with Crippen LogP contribution in [0.5, 0.6) is 11.5 Å². The smallest absolute Gasteiger partial charge is 0.306 e. The van der Waals surface area contributed by atoms with Crippen molar-refractivity contribution in [2.45, 2.75) is 6.42 Å². The van der Waals surface area contributed by atoms with E-state index in [-0.39, 0.29) is 11.8 Å². The lowest BCUT2D eigenvalue weighted by atomic mass is 10.2. The second kappa shape index (κ2) is 5.38. The normalized spacial score (nSPS) is 20.8. The summed E-state index contributed by atoms with van der Waals surface area (Å²) in [5.74, 6) is 0.819. The Labute approximate surface area is 112 Å². The van der Waals surface area contributed by atoms with Gasteiger partial charge in [-0.1, -0.05) is 0 Å². The van der Waals surface area contributed by atoms with Crippen molar-refractivity contribution in [2.24, 2.45) is 11.8 Å². The van der Waals surface area contributed by atoms with Crippen LogP contribution >= 0.6 is 0 Å². The van der Waals surface area contributed by atoms with Crippen LogP contribution in [0.1, 0.15) is 6.42 Å². The molecule has 0 aliphatic heterocycles. The summed E-state index contributed by atoms with van der Waals surface area (Å²) < 4.78 is 10.5. The van der Waals surface area contributed by atoms with Crippen molar-refractivity contribution >= 4 is 11.7 Å². The van der Waals surface area contributed by atoms with Gasteiger partial charge in [-0.3, -0.25) is 4.79 Å². The molecule has 0 spiro atoms. The van der Waals surface area contributed by atoms with Crippen molar-refractivity contribution in [3.05, 3.63) is 18.2 Å². The van der Waals surface area contributed by atoms with Gasteiger partial charge in [-0.05, 0) is 24.5 Å². The number of methoxy groups -OCH3 is 2. The van der Waals surface area contributed by atoms with E-state index in [0.29, 0.717) is 0 Å². The van der Waals surface area contributed by atoms with Gasteiger partial charge in [0, 0.05) is 19.7 Å². The van der Waals surface area contributed by atoms with Gasteiger partial charge in [0.25, 0.3) is 0 Å². The zero-order valence-electron chi connectivity index (χ0n) is 11.4. The molecule has 0 bridgehead atoms. The van der Waals surface area contributed by atoms with Crippen molar-refractivity contribution in [1.82, 2.24) is 0 Å². The number of ether oxygens (including phenoxy) is 2. The van der Waals surface area contributed by atoms with Crippen LogP contribution in [0.25, 0.3) is 0 Å². The Morgan fingerprint density at radius 1 is 1.42 bits per heavy atom. The molecule has 19 heavy (non-hydrogen) atoms. The average Bonchev–Trinajstić information content (AvgIpc) is 3.17. The minimum atomic E-state index is -0.694. The predicted octanol–water partition coefficient (Wildman–Crippen LogP) is 1.86. The molecule has 0 saturated heterocycles. The van der Waals surface area contributed by atoms with Crippen molar-refractivity contribution in [2.75, 3.05) is 32.7 Å². The Morgan fingerprint density at radius 2 is 2.16 bits per heavy atom. The monoisotopic (exact) mass is 265 g/mol. The molecule has 5 nitrogen and oxygen atoms in total. The first-order chi connectivity index (χ1) is 9.06. The Balaban J connectivity index is 2.06. The number of carboxylic acids is 1. The lowest BCUT2D eigenvalue weighted by Crippen LogP contribution is -2.22. The third-order valence-electron chi connectivity index (χ3n) is 3.55. The van der Waals surface area contributed by atoms with E-state index in [4.69, 9.17) is 14.6 Å². The maximum Gasteiger partial charge on any atom is 0.306 e. The summed E-state index contributed by atoms with van der Waals surface area (Å²) >= 11 is 0. The summed E-state index contributed by atoms with van der Waals surface area (Å²) in [7, 11) is 5.17. The number of hydrogen-bond donors (Lipinski definition) is 1. The molecule has 1 aromatic carbocycles. The fourth-order valence-corrected chi connectivity index (χ4v) is 2.30. The number of anilines is 1. The molecule has 1 N–H and O–H groups in total. The molecular weight excluding hydrogens is 246 g/mol. The summed E-state index contributed by atoms with van der Waals surface area (Å²) in [6, 6.07) is 5.62. The van der Waals surface area contributed by atoms with E-state index in [1.807, 2.05) is 30.1 Å². The predicted molar refractivity (Wildman–Crippen MR) is 72.0 cm³/mol. The zero-order chi connectivity index (χ0) is 14.0. The van der Waals surface area contributed by atoms with Crippen molar-refractivity contribution in [1.29, 1.82) is 0 Å². The molecule has 1 aliphatic carbocycles. The number of aliphatic carboxylic acids is 1. The zero-order valence-corrected chi connectivity index (χ0v) is 11.4. The molecule has 1 aromatic rings. The molecule has 1 fully saturated rings. The quantitative estimate of drug-likeness (QED) is 0.850. The third-order valence-corrected chi connectivity index (χ3v) is 3.55. The van der Waals surface area contributed by atoms with Gasteiger partial charge in [-0.25, -0.2) is 0 Å². The van der Waals surface area contributed by atoms with Crippen LogP contribution in [-0.2, 0) is 4.79 Å². The van der Waals surface area contributed by atoms with Gasteiger partial charge >= 0.3 is 5.97 Å². The van der Waals surface area contributed by atoms with Gasteiger partial charge in [0.2, 0.25) is 0 Å². The highest BCUT2D eigenvalue weighted by Gasteiger charge is 2.43. The van der Waals surface area contributed by atoms with Crippen LogP contribution < -0.4 is 14.4 Å². The first-order valence-corrected chi connectivity index (χ1v) is 6.22. The maximum absolute atomic E-state index is 10.8. The number of rotatable bonds is 6. The van der Waals surface area contributed by atoms with Gasteiger partial charge in [0.05, 0.1) is 25.8 Å². The van der Waals surface area contributed by atoms with Crippen LogP contribution in [0.4, 0.5) is 5.69 Å². The standard InChI is InChI=1S/C14H19NO4/c1-15(8-9-6-11(9)14(16)17)12-5-4-10(18-2)7-13(12)19-3/h4-5,7,9,11H,6,8H2,1-3H3,(H,16,17). The lowest BCUT2D eigenvalue weighted by molar-refractivity contribution is -0.138. The van der Waals surface area contributed by atoms with Gasteiger partial charge < -0.3 is 19.5 Å². The number of hydrogen-bond acceptors (Lipinski definition) is 4. The number of carbonyl (C=O) groups is 1. The molecule has 0 radical (unpaired) electrons. The maximum atomic E-state index is 10.8.